The lowest BCUT2D eigenvalue weighted by atomic mass is 9.87. The van der Waals surface area contributed by atoms with Crippen molar-refractivity contribution in [2.24, 2.45) is 5.41 Å². The Kier molecular flexibility index (Phi) is 4.68. The lowest BCUT2D eigenvalue weighted by molar-refractivity contribution is -0.147. The minimum Gasteiger partial charge on any atom is -0.481 e. The zero-order chi connectivity index (χ0) is 17.3. The summed E-state index contributed by atoms with van der Waals surface area (Å²) in [5, 5.41) is 12.1. The van der Waals surface area contributed by atoms with Gasteiger partial charge in [-0.3, -0.25) is 4.79 Å². The Balaban J connectivity index is 1.89. The highest BCUT2D eigenvalue weighted by Gasteiger charge is 2.42. The van der Waals surface area contributed by atoms with Gasteiger partial charge < -0.3 is 15.3 Å². The van der Waals surface area contributed by atoms with Crippen LogP contribution in [0.1, 0.15) is 45.2 Å². The summed E-state index contributed by atoms with van der Waals surface area (Å²) >= 11 is 0. The van der Waals surface area contributed by atoms with E-state index in [4.69, 9.17) is 0 Å². The van der Waals surface area contributed by atoms with Crippen molar-refractivity contribution in [2.75, 3.05) is 13.1 Å². The van der Waals surface area contributed by atoms with Crippen molar-refractivity contribution in [2.45, 2.75) is 46.1 Å². The molecule has 0 bridgehead atoms. The molecule has 1 heterocycles. The molecule has 1 atom stereocenters. The van der Waals surface area contributed by atoms with E-state index in [1.54, 1.807) is 11.8 Å². The van der Waals surface area contributed by atoms with Crippen LogP contribution in [0.25, 0.3) is 0 Å². The topological polar surface area (TPSA) is 69.6 Å². The molecule has 2 rings (SSSR count). The molecule has 0 radical (unpaired) electrons. The standard InChI is InChI=1S/C18H26N2O3/c1-17(2,3)14-7-5-13(6-8-14)11-19-16(23)20-10-9-18(4,12-20)15(21)22/h5-8H,9-12H2,1-4H3,(H,19,23)(H,21,22). The Morgan fingerprint density at radius 3 is 2.35 bits per heavy atom. The first-order valence-electron chi connectivity index (χ1n) is 7.97. The van der Waals surface area contributed by atoms with Gasteiger partial charge in [-0.2, -0.15) is 0 Å². The molecular formula is C18H26N2O3. The molecule has 1 unspecified atom stereocenters. The number of nitrogens with zero attached hydrogens (tertiary/aromatic N) is 1. The number of carbonyl (C=O) groups excluding carboxylic acids is 1. The number of carboxylic acids is 1. The first-order valence-corrected chi connectivity index (χ1v) is 7.97. The number of aliphatic carboxylic acids is 1. The van der Waals surface area contributed by atoms with Crippen molar-refractivity contribution in [1.82, 2.24) is 10.2 Å². The summed E-state index contributed by atoms with van der Waals surface area (Å²) < 4.78 is 0. The normalized spacial score (nSPS) is 21.3. The maximum Gasteiger partial charge on any atom is 0.317 e. The smallest absolute Gasteiger partial charge is 0.317 e. The van der Waals surface area contributed by atoms with Crippen LogP contribution in [-0.4, -0.2) is 35.1 Å². The second-order valence-electron chi connectivity index (χ2n) is 7.64. The van der Waals surface area contributed by atoms with Crippen molar-refractivity contribution in [3.63, 3.8) is 0 Å². The first-order chi connectivity index (χ1) is 10.6. The van der Waals surface area contributed by atoms with Crippen molar-refractivity contribution in [3.8, 4) is 0 Å². The van der Waals surface area contributed by atoms with E-state index < -0.39 is 11.4 Å². The predicted octanol–water partition coefficient (Wildman–Crippen LogP) is 2.99. The van der Waals surface area contributed by atoms with Gasteiger partial charge in [0.15, 0.2) is 0 Å². The Morgan fingerprint density at radius 2 is 1.87 bits per heavy atom. The average Bonchev–Trinajstić information content (AvgIpc) is 2.88. The third kappa shape index (κ3) is 4.03. The quantitative estimate of drug-likeness (QED) is 0.900. The number of rotatable bonds is 3. The van der Waals surface area contributed by atoms with Gasteiger partial charge in [-0.25, -0.2) is 4.79 Å². The van der Waals surface area contributed by atoms with Crippen molar-refractivity contribution < 1.29 is 14.7 Å². The highest BCUT2D eigenvalue weighted by molar-refractivity contribution is 5.79. The lowest BCUT2D eigenvalue weighted by Crippen LogP contribution is -2.40. The van der Waals surface area contributed by atoms with Gasteiger partial charge in [0, 0.05) is 19.6 Å². The maximum absolute atomic E-state index is 12.2. The minimum atomic E-state index is -0.842. The van der Waals surface area contributed by atoms with Crippen molar-refractivity contribution in [3.05, 3.63) is 35.4 Å². The molecule has 2 N–H and O–H groups in total. The van der Waals surface area contributed by atoms with Crippen LogP contribution in [0.2, 0.25) is 0 Å². The molecule has 5 heteroatoms. The van der Waals surface area contributed by atoms with E-state index in [0.717, 1.165) is 5.56 Å². The van der Waals surface area contributed by atoms with Gasteiger partial charge in [0.05, 0.1) is 5.41 Å². The summed E-state index contributed by atoms with van der Waals surface area (Å²) in [6.07, 6.45) is 0.496. The number of hydrogen-bond donors (Lipinski definition) is 2. The van der Waals surface area contributed by atoms with Crippen molar-refractivity contribution >= 4 is 12.0 Å². The number of carboxylic acid groups (broad SMARTS) is 1. The zero-order valence-corrected chi connectivity index (χ0v) is 14.3. The highest BCUT2D eigenvalue weighted by Crippen LogP contribution is 2.30. The number of amides is 2. The molecule has 1 aliphatic rings. The van der Waals surface area contributed by atoms with E-state index in [2.05, 4.69) is 38.2 Å². The van der Waals surface area contributed by atoms with Crippen LogP contribution in [0.15, 0.2) is 24.3 Å². The minimum absolute atomic E-state index is 0.110. The van der Waals surface area contributed by atoms with Gasteiger partial charge in [0.2, 0.25) is 0 Å². The Bertz CT molecular complexity index is 589. The summed E-state index contributed by atoms with van der Waals surface area (Å²) in [7, 11) is 0. The number of benzene rings is 1. The van der Waals surface area contributed by atoms with Gasteiger partial charge in [-0.05, 0) is 29.9 Å². The Morgan fingerprint density at radius 1 is 1.26 bits per heavy atom. The maximum atomic E-state index is 12.2. The summed E-state index contributed by atoms with van der Waals surface area (Å²) in [5.74, 6) is -0.842. The molecule has 0 saturated carbocycles. The molecule has 0 aliphatic carbocycles. The van der Waals surface area contributed by atoms with Gasteiger partial charge in [0.25, 0.3) is 0 Å². The van der Waals surface area contributed by atoms with Crippen LogP contribution in [0.4, 0.5) is 4.79 Å². The molecule has 1 aliphatic heterocycles. The monoisotopic (exact) mass is 318 g/mol. The number of likely N-dealkylation sites (tertiary alicyclic amines) is 1. The van der Waals surface area contributed by atoms with E-state index in [1.165, 1.54) is 5.56 Å². The molecule has 5 nitrogen and oxygen atoms in total. The molecule has 0 spiro atoms. The van der Waals surface area contributed by atoms with Gasteiger partial charge in [-0.1, -0.05) is 45.0 Å². The zero-order valence-electron chi connectivity index (χ0n) is 14.3. The second kappa shape index (κ2) is 6.22. The summed E-state index contributed by atoms with van der Waals surface area (Å²) in [5.41, 5.74) is 1.57. The highest BCUT2D eigenvalue weighted by atomic mass is 16.4. The van der Waals surface area contributed by atoms with Gasteiger partial charge in [0.1, 0.15) is 0 Å². The molecule has 1 saturated heterocycles. The largest absolute Gasteiger partial charge is 0.481 e. The summed E-state index contributed by atoms with van der Waals surface area (Å²) in [6, 6.07) is 8.01. The fourth-order valence-electron chi connectivity index (χ4n) is 2.72. The van der Waals surface area contributed by atoms with Crippen LogP contribution in [-0.2, 0) is 16.8 Å². The van der Waals surface area contributed by atoms with E-state index in [0.29, 0.717) is 19.5 Å². The number of carbonyl (C=O) groups is 2. The summed E-state index contributed by atoms with van der Waals surface area (Å²) in [4.78, 5) is 25.0. The van der Waals surface area contributed by atoms with Gasteiger partial charge in [-0.15, -0.1) is 0 Å². The van der Waals surface area contributed by atoms with Crippen molar-refractivity contribution in [1.29, 1.82) is 0 Å². The Labute approximate surface area is 137 Å². The molecule has 1 aromatic carbocycles. The third-order valence-electron chi connectivity index (χ3n) is 4.54. The molecular weight excluding hydrogens is 292 g/mol. The van der Waals surface area contributed by atoms with Gasteiger partial charge >= 0.3 is 12.0 Å². The number of hydrogen-bond acceptors (Lipinski definition) is 2. The van der Waals surface area contributed by atoms with E-state index >= 15 is 0 Å². The van der Waals surface area contributed by atoms with E-state index in [9.17, 15) is 14.7 Å². The van der Waals surface area contributed by atoms with Crippen LogP contribution in [0, 0.1) is 5.41 Å². The predicted molar refractivity (Wildman–Crippen MR) is 89.3 cm³/mol. The summed E-state index contributed by atoms with van der Waals surface area (Å²) in [6.45, 7) is 9.37. The van der Waals surface area contributed by atoms with Crippen LogP contribution >= 0.6 is 0 Å². The fourth-order valence-corrected chi connectivity index (χ4v) is 2.72. The molecule has 23 heavy (non-hydrogen) atoms. The van der Waals surface area contributed by atoms with Crippen LogP contribution in [0.3, 0.4) is 0 Å². The SMILES string of the molecule is CC1(C(=O)O)CCN(C(=O)NCc2ccc(C(C)(C)C)cc2)C1. The molecule has 0 aromatic heterocycles. The van der Waals surface area contributed by atoms with Crippen LogP contribution < -0.4 is 5.32 Å². The lowest BCUT2D eigenvalue weighted by Gasteiger charge is -2.21. The average molecular weight is 318 g/mol. The number of urea groups is 1. The van der Waals surface area contributed by atoms with Crippen LogP contribution in [0.5, 0.6) is 0 Å². The number of nitrogens with one attached hydrogen (secondary N) is 1. The molecule has 126 valence electrons. The molecule has 2 amide bonds. The van der Waals surface area contributed by atoms with E-state index in [-0.39, 0.29) is 18.0 Å². The van der Waals surface area contributed by atoms with E-state index in [1.807, 2.05) is 12.1 Å². The molecule has 1 fully saturated rings. The fraction of sp³-hybridized carbons (Fsp3) is 0.556. The molecule has 1 aromatic rings. The second-order valence-corrected chi connectivity index (χ2v) is 7.64. The Hall–Kier alpha value is -2.04. The first kappa shape index (κ1) is 17.3. The third-order valence-corrected chi connectivity index (χ3v) is 4.54.